The van der Waals surface area contributed by atoms with Crippen LogP contribution in [-0.2, 0) is 11.3 Å². The van der Waals surface area contributed by atoms with E-state index >= 15 is 0 Å². The predicted molar refractivity (Wildman–Crippen MR) is 119 cm³/mol. The largest absolute Gasteiger partial charge is 0.379 e. The van der Waals surface area contributed by atoms with E-state index in [1.807, 2.05) is 12.3 Å². The maximum absolute atomic E-state index is 5.81. The van der Waals surface area contributed by atoms with Crippen LogP contribution in [0.15, 0.2) is 30.5 Å². The third-order valence-electron chi connectivity index (χ3n) is 6.21. The summed E-state index contributed by atoms with van der Waals surface area (Å²) in [6.07, 6.45) is 1.86. The van der Waals surface area contributed by atoms with Crippen LogP contribution < -0.4 is 5.32 Å². The fraction of sp³-hybridized carbons (Fsp3) is 0.545. The minimum atomic E-state index is 0.0548. The van der Waals surface area contributed by atoms with E-state index in [4.69, 9.17) is 17.0 Å². The van der Waals surface area contributed by atoms with Crippen molar-refractivity contribution in [1.29, 1.82) is 0 Å². The Labute approximate surface area is 178 Å². The van der Waals surface area contributed by atoms with E-state index in [0.29, 0.717) is 0 Å². The van der Waals surface area contributed by atoms with Gasteiger partial charge in [-0.15, -0.1) is 0 Å². The molecular formula is C22H31N5OS. The van der Waals surface area contributed by atoms with Gasteiger partial charge in [-0.1, -0.05) is 6.07 Å². The third kappa shape index (κ3) is 4.04. The van der Waals surface area contributed by atoms with Gasteiger partial charge < -0.3 is 19.5 Å². The zero-order valence-electron chi connectivity index (χ0n) is 17.6. The molecule has 4 rings (SSSR count). The first-order chi connectivity index (χ1) is 14.1. The van der Waals surface area contributed by atoms with E-state index in [2.05, 4.69) is 63.6 Å². The number of rotatable bonds is 6. The van der Waals surface area contributed by atoms with Crippen molar-refractivity contribution in [2.45, 2.75) is 39.4 Å². The molecule has 2 atom stereocenters. The van der Waals surface area contributed by atoms with E-state index in [0.717, 1.165) is 56.7 Å². The van der Waals surface area contributed by atoms with Crippen molar-refractivity contribution < 1.29 is 4.74 Å². The Morgan fingerprint density at radius 2 is 2.00 bits per heavy atom. The minimum Gasteiger partial charge on any atom is -0.379 e. The Kier molecular flexibility index (Phi) is 6.18. The van der Waals surface area contributed by atoms with Crippen LogP contribution in [0, 0.1) is 13.8 Å². The van der Waals surface area contributed by atoms with Gasteiger partial charge >= 0.3 is 0 Å². The predicted octanol–water partition coefficient (Wildman–Crippen LogP) is 2.82. The zero-order valence-corrected chi connectivity index (χ0v) is 18.4. The first kappa shape index (κ1) is 20.3. The maximum Gasteiger partial charge on any atom is 0.170 e. The number of ether oxygens (including phenoxy) is 1. The highest BCUT2D eigenvalue weighted by atomic mass is 32.1. The van der Waals surface area contributed by atoms with Crippen LogP contribution in [0.5, 0.6) is 0 Å². The van der Waals surface area contributed by atoms with Crippen LogP contribution in [0.1, 0.15) is 41.7 Å². The van der Waals surface area contributed by atoms with Gasteiger partial charge in [0.05, 0.1) is 31.0 Å². The number of morpholine rings is 1. The molecular weight excluding hydrogens is 382 g/mol. The molecule has 6 nitrogen and oxygen atoms in total. The van der Waals surface area contributed by atoms with Crippen molar-refractivity contribution in [2.75, 3.05) is 39.4 Å². The van der Waals surface area contributed by atoms with Crippen LogP contribution >= 0.6 is 12.2 Å². The summed E-state index contributed by atoms with van der Waals surface area (Å²) in [5.41, 5.74) is 4.99. The number of nitrogens with one attached hydrogen (secondary N) is 1. The summed E-state index contributed by atoms with van der Waals surface area (Å²) in [6.45, 7) is 13.1. The van der Waals surface area contributed by atoms with Crippen LogP contribution in [0.3, 0.4) is 0 Å². The highest BCUT2D eigenvalue weighted by Crippen LogP contribution is 2.40. The van der Waals surface area contributed by atoms with Crippen molar-refractivity contribution in [2.24, 2.45) is 0 Å². The van der Waals surface area contributed by atoms with Gasteiger partial charge in [0, 0.05) is 50.3 Å². The Bertz CT molecular complexity index is 846. The molecule has 2 saturated heterocycles. The van der Waals surface area contributed by atoms with Crippen molar-refractivity contribution >= 4 is 17.3 Å². The molecule has 0 amide bonds. The third-order valence-corrected chi connectivity index (χ3v) is 6.56. The molecule has 0 saturated carbocycles. The van der Waals surface area contributed by atoms with Gasteiger partial charge in [0.2, 0.25) is 0 Å². The van der Waals surface area contributed by atoms with Gasteiger partial charge in [-0.3, -0.25) is 9.88 Å². The second kappa shape index (κ2) is 8.81. The number of hydrogen-bond acceptors (Lipinski definition) is 4. The molecule has 0 aliphatic carbocycles. The number of aromatic nitrogens is 2. The Hall–Kier alpha value is -1.96. The van der Waals surface area contributed by atoms with Crippen LogP contribution in [0.4, 0.5) is 0 Å². The Balaban J connectivity index is 1.66. The van der Waals surface area contributed by atoms with Crippen LogP contribution in [0.2, 0.25) is 0 Å². The molecule has 2 aromatic rings. The summed E-state index contributed by atoms with van der Waals surface area (Å²) in [4.78, 5) is 9.48. The normalized spacial score (nSPS) is 22.9. The van der Waals surface area contributed by atoms with Gasteiger partial charge in [0.15, 0.2) is 5.11 Å². The first-order valence-electron chi connectivity index (χ1n) is 10.5. The standard InChI is InChI=1S/C22H31N5OS/c1-4-26-16(2)15-18(17(26)3)21-20(19-7-5-6-8-23-19)24-22(29)27(21)10-9-25-11-13-28-14-12-25/h5-8,15,20-21H,4,9-14H2,1-3H3,(H,24,29)/t20-,21+/m0/s1. The average molecular weight is 414 g/mol. The lowest BCUT2D eigenvalue weighted by molar-refractivity contribution is 0.0350. The SMILES string of the molecule is CCn1c(C)cc([C@@H]2[C@H](c3ccccn3)NC(=S)N2CCN2CCOCC2)c1C. The molecule has 2 aliphatic rings. The lowest BCUT2D eigenvalue weighted by Gasteiger charge is -2.32. The first-order valence-corrected chi connectivity index (χ1v) is 11.0. The van der Waals surface area contributed by atoms with Gasteiger partial charge in [-0.2, -0.15) is 0 Å². The molecule has 0 radical (unpaired) electrons. The number of aryl methyl sites for hydroxylation is 1. The molecule has 0 spiro atoms. The number of thiocarbonyl (C=S) groups is 1. The van der Waals surface area contributed by atoms with E-state index in [1.165, 1.54) is 17.0 Å². The number of pyridine rings is 1. The second-order valence-electron chi connectivity index (χ2n) is 7.84. The van der Waals surface area contributed by atoms with Crippen molar-refractivity contribution in [3.63, 3.8) is 0 Å². The number of hydrogen-bond donors (Lipinski definition) is 1. The van der Waals surface area contributed by atoms with E-state index in [9.17, 15) is 0 Å². The highest BCUT2D eigenvalue weighted by molar-refractivity contribution is 7.80. The van der Waals surface area contributed by atoms with Crippen molar-refractivity contribution in [3.05, 3.63) is 53.1 Å². The van der Waals surface area contributed by atoms with Gasteiger partial charge in [-0.25, -0.2) is 0 Å². The highest BCUT2D eigenvalue weighted by Gasteiger charge is 2.41. The topological polar surface area (TPSA) is 45.6 Å². The van der Waals surface area contributed by atoms with Crippen molar-refractivity contribution in [1.82, 2.24) is 24.7 Å². The van der Waals surface area contributed by atoms with Crippen LogP contribution in [-0.4, -0.2) is 63.9 Å². The molecule has 29 heavy (non-hydrogen) atoms. The minimum absolute atomic E-state index is 0.0548. The smallest absolute Gasteiger partial charge is 0.170 e. The lowest BCUT2D eigenvalue weighted by atomic mass is 9.97. The van der Waals surface area contributed by atoms with Gasteiger partial charge in [0.1, 0.15) is 0 Å². The summed E-state index contributed by atoms with van der Waals surface area (Å²) in [5, 5.41) is 4.39. The van der Waals surface area contributed by atoms with E-state index in [1.54, 1.807) is 0 Å². The van der Waals surface area contributed by atoms with E-state index < -0.39 is 0 Å². The molecule has 0 aromatic carbocycles. The monoisotopic (exact) mass is 413 g/mol. The fourth-order valence-electron chi connectivity index (χ4n) is 4.67. The molecule has 2 aliphatic heterocycles. The zero-order chi connectivity index (χ0) is 20.4. The molecule has 2 fully saturated rings. The summed E-state index contributed by atoms with van der Waals surface area (Å²) in [5.74, 6) is 0. The molecule has 7 heteroatoms. The molecule has 2 aromatic heterocycles. The Morgan fingerprint density at radius 3 is 2.66 bits per heavy atom. The molecule has 156 valence electrons. The number of nitrogens with zero attached hydrogens (tertiary/aromatic N) is 4. The quantitative estimate of drug-likeness (QED) is 0.735. The fourth-order valence-corrected chi connectivity index (χ4v) is 5.00. The molecule has 4 heterocycles. The summed E-state index contributed by atoms with van der Waals surface area (Å²) in [7, 11) is 0. The molecule has 0 bridgehead atoms. The second-order valence-corrected chi connectivity index (χ2v) is 8.23. The van der Waals surface area contributed by atoms with Gasteiger partial charge in [-0.05, 0) is 56.8 Å². The van der Waals surface area contributed by atoms with Crippen LogP contribution in [0.25, 0.3) is 0 Å². The molecule has 0 unspecified atom stereocenters. The van der Waals surface area contributed by atoms with Crippen molar-refractivity contribution in [3.8, 4) is 0 Å². The maximum atomic E-state index is 5.81. The van der Waals surface area contributed by atoms with Gasteiger partial charge in [0.25, 0.3) is 0 Å². The van der Waals surface area contributed by atoms with E-state index in [-0.39, 0.29) is 12.1 Å². The molecule has 1 N–H and O–H groups in total. The summed E-state index contributed by atoms with van der Waals surface area (Å²) < 4.78 is 7.88. The average Bonchev–Trinajstić information content (AvgIpc) is 3.22. The Morgan fingerprint density at radius 1 is 1.21 bits per heavy atom. The summed E-state index contributed by atoms with van der Waals surface area (Å²) in [6, 6.07) is 8.64. The lowest BCUT2D eigenvalue weighted by Crippen LogP contribution is -2.42. The summed E-state index contributed by atoms with van der Waals surface area (Å²) >= 11 is 5.81.